The van der Waals surface area contributed by atoms with Crippen LogP contribution in [0, 0.1) is 0 Å². The molecule has 136 valence electrons. The van der Waals surface area contributed by atoms with Gasteiger partial charge in [0, 0.05) is 17.4 Å². The lowest BCUT2D eigenvalue weighted by Crippen LogP contribution is -2.47. The molecule has 1 saturated carbocycles. The highest BCUT2D eigenvalue weighted by molar-refractivity contribution is 6.30. The first kappa shape index (κ1) is 17.4. The van der Waals surface area contributed by atoms with Crippen LogP contribution in [0.15, 0.2) is 48.5 Å². The van der Waals surface area contributed by atoms with Gasteiger partial charge in [-0.3, -0.25) is 4.79 Å². The molecule has 1 N–H and O–H groups in total. The molecule has 1 spiro atoms. The van der Waals surface area contributed by atoms with Gasteiger partial charge < -0.3 is 10.1 Å². The maximum absolute atomic E-state index is 12.7. The summed E-state index contributed by atoms with van der Waals surface area (Å²) in [5, 5.41) is 3.83. The number of hydrogen-bond acceptors (Lipinski definition) is 2. The molecule has 0 bridgehead atoms. The maximum Gasteiger partial charge on any atom is 0.221 e. The lowest BCUT2D eigenvalue weighted by Gasteiger charge is -2.48. The molecule has 2 aliphatic rings. The molecular weight excluding hydrogens is 346 g/mol. The number of ether oxygens (including phenoxy) is 1. The van der Waals surface area contributed by atoms with Crippen LogP contribution in [0.5, 0.6) is 5.75 Å². The van der Waals surface area contributed by atoms with Crippen molar-refractivity contribution >= 4 is 17.5 Å². The highest BCUT2D eigenvalue weighted by atomic mass is 35.5. The van der Waals surface area contributed by atoms with Gasteiger partial charge in [0.2, 0.25) is 5.91 Å². The average molecular weight is 370 g/mol. The van der Waals surface area contributed by atoms with Gasteiger partial charge in [-0.25, -0.2) is 0 Å². The molecule has 4 rings (SSSR count). The molecule has 1 unspecified atom stereocenters. The smallest absolute Gasteiger partial charge is 0.221 e. The number of rotatable bonds is 4. The Morgan fingerprint density at radius 1 is 1.27 bits per heavy atom. The maximum atomic E-state index is 12.7. The standard InChI is InChI=1S/C22H24ClNO2/c1-15(16-6-3-2-4-7-16)24-21(25)12-17-14-22(10-5-11-22)26-20-9-8-18(23)13-19(17)20/h2-4,6-9,13,15,17H,5,10-12,14H2,1H3,(H,24,25)/t15-,17?/m0/s1. The monoisotopic (exact) mass is 369 g/mol. The van der Waals surface area contributed by atoms with Crippen molar-refractivity contribution in [2.45, 2.75) is 56.6 Å². The number of carbonyl (C=O) groups excluding carboxylic acids is 1. The van der Waals surface area contributed by atoms with Gasteiger partial charge in [0.05, 0.1) is 6.04 Å². The van der Waals surface area contributed by atoms with E-state index in [2.05, 4.69) is 5.32 Å². The van der Waals surface area contributed by atoms with Crippen molar-refractivity contribution in [3.05, 3.63) is 64.7 Å². The Morgan fingerprint density at radius 3 is 2.73 bits per heavy atom. The van der Waals surface area contributed by atoms with E-state index in [1.165, 1.54) is 6.42 Å². The summed E-state index contributed by atoms with van der Waals surface area (Å²) in [5.41, 5.74) is 2.11. The predicted octanol–water partition coefficient (Wildman–Crippen LogP) is 5.40. The molecule has 1 aliphatic heterocycles. The summed E-state index contributed by atoms with van der Waals surface area (Å²) in [5.74, 6) is 1.13. The van der Waals surface area contributed by atoms with Crippen LogP contribution in [0.25, 0.3) is 0 Å². The van der Waals surface area contributed by atoms with Crippen LogP contribution >= 0.6 is 11.6 Å². The summed E-state index contributed by atoms with van der Waals surface area (Å²) >= 11 is 6.21. The zero-order chi connectivity index (χ0) is 18.1. The molecule has 2 aromatic rings. The molecule has 26 heavy (non-hydrogen) atoms. The second kappa shape index (κ2) is 6.96. The quantitative estimate of drug-likeness (QED) is 0.783. The SMILES string of the molecule is C[C@H](NC(=O)CC1CC2(CCC2)Oc2ccc(Cl)cc21)c1ccccc1. The average Bonchev–Trinajstić information content (AvgIpc) is 2.61. The summed E-state index contributed by atoms with van der Waals surface area (Å²) < 4.78 is 6.28. The molecule has 2 aromatic carbocycles. The summed E-state index contributed by atoms with van der Waals surface area (Å²) in [6.45, 7) is 2.02. The van der Waals surface area contributed by atoms with E-state index in [0.29, 0.717) is 11.4 Å². The lowest BCUT2D eigenvalue weighted by atomic mass is 9.70. The Kier molecular flexibility index (Phi) is 4.66. The highest BCUT2D eigenvalue weighted by Crippen LogP contribution is 2.51. The van der Waals surface area contributed by atoms with Crippen LogP contribution in [0.2, 0.25) is 5.02 Å². The second-order valence-corrected chi connectivity index (χ2v) is 8.06. The fourth-order valence-electron chi connectivity index (χ4n) is 4.17. The molecule has 3 nitrogen and oxygen atoms in total. The van der Waals surface area contributed by atoms with Crippen LogP contribution in [-0.4, -0.2) is 11.5 Å². The summed E-state index contributed by atoms with van der Waals surface area (Å²) in [6.07, 6.45) is 4.72. The van der Waals surface area contributed by atoms with E-state index in [1.807, 2.05) is 55.5 Å². The zero-order valence-corrected chi connectivity index (χ0v) is 15.8. The third-order valence-electron chi connectivity index (χ3n) is 5.73. The molecule has 0 saturated heterocycles. The first-order valence-electron chi connectivity index (χ1n) is 9.37. The topological polar surface area (TPSA) is 38.3 Å². The van der Waals surface area contributed by atoms with Gasteiger partial charge in [0.25, 0.3) is 0 Å². The second-order valence-electron chi connectivity index (χ2n) is 7.63. The number of fused-ring (bicyclic) bond motifs is 1. The fourth-order valence-corrected chi connectivity index (χ4v) is 4.35. The Hall–Kier alpha value is -2.00. The van der Waals surface area contributed by atoms with Crippen molar-refractivity contribution < 1.29 is 9.53 Å². The van der Waals surface area contributed by atoms with Crippen molar-refractivity contribution in [1.82, 2.24) is 5.32 Å². The molecule has 1 heterocycles. The van der Waals surface area contributed by atoms with Crippen LogP contribution in [0.3, 0.4) is 0 Å². The van der Waals surface area contributed by atoms with E-state index in [9.17, 15) is 4.79 Å². The zero-order valence-electron chi connectivity index (χ0n) is 15.0. The third kappa shape index (κ3) is 3.45. The largest absolute Gasteiger partial charge is 0.487 e. The molecule has 1 aliphatic carbocycles. The molecule has 0 aromatic heterocycles. The van der Waals surface area contributed by atoms with Crippen LogP contribution in [0.4, 0.5) is 0 Å². The van der Waals surface area contributed by atoms with E-state index >= 15 is 0 Å². The van der Waals surface area contributed by atoms with Gasteiger partial charge in [-0.1, -0.05) is 41.9 Å². The third-order valence-corrected chi connectivity index (χ3v) is 5.97. The van der Waals surface area contributed by atoms with E-state index in [0.717, 1.165) is 36.1 Å². The number of carbonyl (C=O) groups is 1. The number of halogens is 1. The van der Waals surface area contributed by atoms with Crippen molar-refractivity contribution in [3.8, 4) is 5.75 Å². The summed E-state index contributed by atoms with van der Waals surface area (Å²) in [7, 11) is 0. The van der Waals surface area contributed by atoms with Gasteiger partial charge in [-0.2, -0.15) is 0 Å². The molecule has 1 fully saturated rings. The van der Waals surface area contributed by atoms with Gasteiger partial charge >= 0.3 is 0 Å². The Labute approximate surface area is 159 Å². The van der Waals surface area contributed by atoms with Crippen molar-refractivity contribution in [2.75, 3.05) is 0 Å². The predicted molar refractivity (Wildman–Crippen MR) is 104 cm³/mol. The number of benzene rings is 2. The fraction of sp³-hybridized carbons (Fsp3) is 0.409. The van der Waals surface area contributed by atoms with Gasteiger partial charge in [-0.05, 0) is 61.9 Å². The van der Waals surface area contributed by atoms with E-state index in [-0.39, 0.29) is 23.5 Å². The summed E-state index contributed by atoms with van der Waals surface area (Å²) in [6, 6.07) is 15.8. The molecule has 2 atom stereocenters. The molecular formula is C22H24ClNO2. The molecule has 1 amide bonds. The van der Waals surface area contributed by atoms with Crippen LogP contribution in [0.1, 0.15) is 62.1 Å². The number of amides is 1. The Morgan fingerprint density at radius 2 is 2.04 bits per heavy atom. The van der Waals surface area contributed by atoms with Crippen molar-refractivity contribution in [1.29, 1.82) is 0 Å². The minimum absolute atomic E-state index is 0.0000327. The summed E-state index contributed by atoms with van der Waals surface area (Å²) in [4.78, 5) is 12.7. The number of hydrogen-bond donors (Lipinski definition) is 1. The normalized spacial score (nSPS) is 21.2. The van der Waals surface area contributed by atoms with Gasteiger partial charge in [0.15, 0.2) is 0 Å². The molecule has 4 heteroatoms. The highest BCUT2D eigenvalue weighted by Gasteiger charge is 2.45. The minimum atomic E-state index is -0.0726. The van der Waals surface area contributed by atoms with E-state index in [4.69, 9.17) is 16.3 Å². The van der Waals surface area contributed by atoms with E-state index < -0.39 is 0 Å². The van der Waals surface area contributed by atoms with Gasteiger partial charge in [0.1, 0.15) is 11.4 Å². The van der Waals surface area contributed by atoms with Crippen molar-refractivity contribution in [2.24, 2.45) is 0 Å². The molecule has 0 radical (unpaired) electrons. The number of nitrogens with one attached hydrogen (secondary N) is 1. The Balaban J connectivity index is 1.50. The minimum Gasteiger partial charge on any atom is -0.487 e. The first-order valence-corrected chi connectivity index (χ1v) is 9.75. The van der Waals surface area contributed by atoms with Crippen molar-refractivity contribution in [3.63, 3.8) is 0 Å². The van der Waals surface area contributed by atoms with E-state index in [1.54, 1.807) is 0 Å². The van der Waals surface area contributed by atoms with Gasteiger partial charge in [-0.15, -0.1) is 0 Å². The van der Waals surface area contributed by atoms with Crippen LogP contribution < -0.4 is 10.1 Å². The lowest BCUT2D eigenvalue weighted by molar-refractivity contribution is -0.122. The van der Waals surface area contributed by atoms with Crippen LogP contribution in [-0.2, 0) is 4.79 Å². The Bertz CT molecular complexity index is 801. The first-order chi connectivity index (χ1) is 12.5.